The number of furan rings is 1. The maximum absolute atomic E-state index is 12.1. The minimum absolute atomic E-state index is 0.0304. The van der Waals surface area contributed by atoms with Crippen LogP contribution in [0.4, 0.5) is 4.79 Å². The van der Waals surface area contributed by atoms with Gasteiger partial charge in [-0.05, 0) is 31.9 Å². The van der Waals surface area contributed by atoms with Gasteiger partial charge >= 0.3 is 6.03 Å². The highest BCUT2D eigenvalue weighted by Gasteiger charge is 2.27. The molecule has 2 heterocycles. The van der Waals surface area contributed by atoms with E-state index in [2.05, 4.69) is 5.32 Å². The molecule has 1 saturated heterocycles. The lowest BCUT2D eigenvalue weighted by Gasteiger charge is -2.30. The number of carbonyl (C=O) groups excluding carboxylic acids is 2. The van der Waals surface area contributed by atoms with Crippen LogP contribution in [0.3, 0.4) is 0 Å². The second-order valence-electron chi connectivity index (χ2n) is 5.29. The number of urea groups is 1. The summed E-state index contributed by atoms with van der Waals surface area (Å²) in [6, 6.07) is 3.36. The first-order valence-electron chi connectivity index (χ1n) is 6.93. The van der Waals surface area contributed by atoms with Crippen molar-refractivity contribution >= 4 is 11.9 Å². The number of amides is 3. The fourth-order valence-corrected chi connectivity index (χ4v) is 2.50. The first-order chi connectivity index (χ1) is 9.56. The van der Waals surface area contributed by atoms with Crippen molar-refractivity contribution in [3.63, 3.8) is 0 Å². The summed E-state index contributed by atoms with van der Waals surface area (Å²) >= 11 is 0. The lowest BCUT2D eigenvalue weighted by molar-refractivity contribution is -0.126. The van der Waals surface area contributed by atoms with Crippen molar-refractivity contribution < 1.29 is 14.0 Å². The standard InChI is InChI=1S/C14H21N3O3/c1-10(9-12-3-2-8-20-12)16-13(18)11-4-6-17(7-5-11)14(15)19/h2-3,8,10-11H,4-7,9H2,1H3,(H2,15,19)(H,16,18). The van der Waals surface area contributed by atoms with Crippen molar-refractivity contribution in [2.45, 2.75) is 32.2 Å². The second kappa shape index (κ2) is 6.45. The molecule has 0 aliphatic carbocycles. The molecule has 6 nitrogen and oxygen atoms in total. The van der Waals surface area contributed by atoms with Crippen LogP contribution in [-0.2, 0) is 11.2 Å². The van der Waals surface area contributed by atoms with E-state index in [0.29, 0.717) is 32.4 Å². The van der Waals surface area contributed by atoms with Gasteiger partial charge in [-0.15, -0.1) is 0 Å². The maximum Gasteiger partial charge on any atom is 0.314 e. The molecule has 2 rings (SSSR count). The van der Waals surface area contributed by atoms with Crippen molar-refractivity contribution in [3.8, 4) is 0 Å². The Morgan fingerprint density at radius 2 is 2.20 bits per heavy atom. The van der Waals surface area contributed by atoms with Crippen LogP contribution >= 0.6 is 0 Å². The molecule has 0 bridgehead atoms. The van der Waals surface area contributed by atoms with Gasteiger partial charge < -0.3 is 20.4 Å². The lowest BCUT2D eigenvalue weighted by Crippen LogP contribution is -2.46. The van der Waals surface area contributed by atoms with Crippen LogP contribution in [0.2, 0.25) is 0 Å². The Morgan fingerprint density at radius 3 is 2.75 bits per heavy atom. The molecule has 3 N–H and O–H groups in total. The predicted molar refractivity (Wildman–Crippen MR) is 73.9 cm³/mol. The third-order valence-electron chi connectivity index (χ3n) is 3.65. The lowest BCUT2D eigenvalue weighted by atomic mass is 9.95. The van der Waals surface area contributed by atoms with Gasteiger partial charge in [0.15, 0.2) is 0 Å². The number of hydrogen-bond acceptors (Lipinski definition) is 3. The first-order valence-corrected chi connectivity index (χ1v) is 6.93. The Morgan fingerprint density at radius 1 is 1.50 bits per heavy atom. The van der Waals surface area contributed by atoms with Crippen LogP contribution in [-0.4, -0.2) is 36.0 Å². The van der Waals surface area contributed by atoms with Gasteiger partial charge in [-0.3, -0.25) is 4.79 Å². The third kappa shape index (κ3) is 3.76. The summed E-state index contributed by atoms with van der Waals surface area (Å²) in [6.07, 6.45) is 3.65. The molecule has 0 saturated carbocycles. The molecule has 0 spiro atoms. The molecule has 1 fully saturated rings. The van der Waals surface area contributed by atoms with Crippen LogP contribution in [0, 0.1) is 5.92 Å². The normalized spacial score (nSPS) is 17.8. The SMILES string of the molecule is CC(Cc1ccco1)NC(=O)C1CCN(C(N)=O)CC1. The van der Waals surface area contributed by atoms with E-state index >= 15 is 0 Å². The smallest absolute Gasteiger partial charge is 0.314 e. The van der Waals surface area contributed by atoms with Gasteiger partial charge in [0.1, 0.15) is 5.76 Å². The van der Waals surface area contributed by atoms with E-state index in [1.807, 2.05) is 19.1 Å². The Hall–Kier alpha value is -1.98. The van der Waals surface area contributed by atoms with E-state index in [1.165, 1.54) is 0 Å². The number of hydrogen-bond donors (Lipinski definition) is 2. The number of piperidine rings is 1. The van der Waals surface area contributed by atoms with E-state index < -0.39 is 6.03 Å². The number of nitrogens with zero attached hydrogens (tertiary/aromatic N) is 1. The van der Waals surface area contributed by atoms with Gasteiger partial charge in [-0.1, -0.05) is 0 Å². The van der Waals surface area contributed by atoms with Gasteiger partial charge in [0.2, 0.25) is 5.91 Å². The molecule has 0 radical (unpaired) electrons. The van der Waals surface area contributed by atoms with Gasteiger partial charge in [-0.25, -0.2) is 4.79 Å². The van der Waals surface area contributed by atoms with Gasteiger partial charge in [0.05, 0.1) is 6.26 Å². The summed E-state index contributed by atoms with van der Waals surface area (Å²) < 4.78 is 5.26. The molecule has 110 valence electrons. The second-order valence-corrected chi connectivity index (χ2v) is 5.29. The van der Waals surface area contributed by atoms with Crippen LogP contribution in [0.1, 0.15) is 25.5 Å². The van der Waals surface area contributed by atoms with Crippen molar-refractivity contribution in [2.24, 2.45) is 11.7 Å². The average molecular weight is 279 g/mol. The first kappa shape index (κ1) is 14.4. The summed E-state index contributed by atoms with van der Waals surface area (Å²) in [4.78, 5) is 24.7. The van der Waals surface area contributed by atoms with Crippen molar-refractivity contribution in [1.29, 1.82) is 0 Å². The van der Waals surface area contributed by atoms with E-state index in [4.69, 9.17) is 10.2 Å². The summed E-state index contributed by atoms with van der Waals surface area (Å²) in [5, 5.41) is 3.00. The zero-order valence-corrected chi connectivity index (χ0v) is 11.7. The van der Waals surface area contributed by atoms with Crippen LogP contribution in [0.15, 0.2) is 22.8 Å². The summed E-state index contributed by atoms with van der Waals surface area (Å²) in [5.41, 5.74) is 5.22. The summed E-state index contributed by atoms with van der Waals surface area (Å²) in [6.45, 7) is 3.07. The highest BCUT2D eigenvalue weighted by Crippen LogP contribution is 2.17. The Labute approximate surface area is 118 Å². The summed E-state index contributed by atoms with van der Waals surface area (Å²) in [7, 11) is 0. The monoisotopic (exact) mass is 279 g/mol. The molecule has 20 heavy (non-hydrogen) atoms. The Kier molecular flexibility index (Phi) is 4.65. The van der Waals surface area contributed by atoms with Gasteiger partial charge in [0, 0.05) is 31.5 Å². The Balaban J connectivity index is 1.76. The molecule has 1 unspecified atom stereocenters. The molecular weight excluding hydrogens is 258 g/mol. The molecular formula is C14H21N3O3. The highest BCUT2D eigenvalue weighted by molar-refractivity contribution is 5.79. The van der Waals surface area contributed by atoms with Crippen molar-refractivity contribution in [3.05, 3.63) is 24.2 Å². The molecule has 1 aliphatic rings. The number of nitrogens with two attached hydrogens (primary N) is 1. The highest BCUT2D eigenvalue weighted by atomic mass is 16.3. The molecule has 6 heteroatoms. The van der Waals surface area contributed by atoms with Crippen molar-refractivity contribution in [1.82, 2.24) is 10.2 Å². The number of rotatable bonds is 4. The zero-order valence-electron chi connectivity index (χ0n) is 11.7. The van der Waals surface area contributed by atoms with Crippen molar-refractivity contribution in [2.75, 3.05) is 13.1 Å². The molecule has 1 aromatic heterocycles. The van der Waals surface area contributed by atoms with E-state index in [1.54, 1.807) is 11.2 Å². The maximum atomic E-state index is 12.1. The quantitative estimate of drug-likeness (QED) is 0.865. The molecule has 1 aromatic rings. The number of primary amides is 1. The van der Waals surface area contributed by atoms with Crippen LogP contribution in [0.5, 0.6) is 0 Å². The third-order valence-corrected chi connectivity index (χ3v) is 3.65. The van der Waals surface area contributed by atoms with E-state index in [0.717, 1.165) is 5.76 Å². The van der Waals surface area contributed by atoms with Gasteiger partial charge in [0.25, 0.3) is 0 Å². The number of nitrogens with one attached hydrogen (secondary N) is 1. The largest absolute Gasteiger partial charge is 0.469 e. The molecule has 1 aliphatic heterocycles. The average Bonchev–Trinajstić information content (AvgIpc) is 2.91. The molecule has 0 aromatic carbocycles. The zero-order chi connectivity index (χ0) is 14.5. The number of carbonyl (C=O) groups is 2. The fourth-order valence-electron chi connectivity index (χ4n) is 2.50. The molecule has 3 amide bonds. The predicted octanol–water partition coefficient (Wildman–Crippen LogP) is 1.12. The van der Waals surface area contributed by atoms with Crippen LogP contribution in [0.25, 0.3) is 0 Å². The summed E-state index contributed by atoms with van der Waals surface area (Å²) in [5.74, 6) is 0.874. The van der Waals surface area contributed by atoms with Gasteiger partial charge in [-0.2, -0.15) is 0 Å². The topological polar surface area (TPSA) is 88.6 Å². The minimum atomic E-state index is -0.407. The van der Waals surface area contributed by atoms with Crippen LogP contribution < -0.4 is 11.1 Å². The minimum Gasteiger partial charge on any atom is -0.469 e. The molecule has 1 atom stereocenters. The van der Waals surface area contributed by atoms with E-state index in [-0.39, 0.29) is 17.9 Å². The Bertz CT molecular complexity index is 450. The fraction of sp³-hybridized carbons (Fsp3) is 0.571. The van der Waals surface area contributed by atoms with E-state index in [9.17, 15) is 9.59 Å². The number of likely N-dealkylation sites (tertiary alicyclic amines) is 1.